The number of nitrogens with one attached hydrogen (secondary N) is 1. The molecule has 0 spiro atoms. The minimum atomic E-state index is 0.294. The lowest BCUT2D eigenvalue weighted by molar-refractivity contribution is 0.372. The van der Waals surface area contributed by atoms with Crippen molar-refractivity contribution in [2.45, 2.75) is 26.8 Å². The molecule has 0 aromatic carbocycles. The van der Waals surface area contributed by atoms with E-state index in [0.29, 0.717) is 6.04 Å². The summed E-state index contributed by atoms with van der Waals surface area (Å²) in [5, 5.41) is 5.38. The highest BCUT2D eigenvalue weighted by Gasteiger charge is 1.95. The predicted octanol–water partition coefficient (Wildman–Crippen LogP) is 0.123. The lowest BCUT2D eigenvalue weighted by Crippen LogP contribution is -2.36. The van der Waals surface area contributed by atoms with E-state index in [1.807, 2.05) is 20.8 Å². The van der Waals surface area contributed by atoms with Gasteiger partial charge in [-0.3, -0.25) is 5.01 Å². The van der Waals surface area contributed by atoms with E-state index in [1.165, 1.54) is 0 Å². The number of rotatable bonds is 4. The highest BCUT2D eigenvalue weighted by atomic mass is 15.5. The van der Waals surface area contributed by atoms with Crippen LogP contribution >= 0.6 is 0 Å². The van der Waals surface area contributed by atoms with Crippen LogP contribution in [0.5, 0.6) is 0 Å². The zero-order valence-corrected chi connectivity index (χ0v) is 6.83. The minimum absolute atomic E-state index is 0.294. The molecular formula is C6H16N4. The number of nitrogens with zero attached hydrogens (tertiary/aromatic N) is 2. The monoisotopic (exact) mass is 144 g/mol. The Hall–Kier alpha value is -0.770. The van der Waals surface area contributed by atoms with Gasteiger partial charge in [-0.1, -0.05) is 0 Å². The molecule has 0 fully saturated rings. The molecule has 0 aliphatic rings. The topological polar surface area (TPSA) is 53.7 Å². The summed E-state index contributed by atoms with van der Waals surface area (Å²) in [5.41, 5.74) is 2.78. The van der Waals surface area contributed by atoms with Crippen LogP contribution in [0, 0.1) is 0 Å². The molecule has 0 aromatic rings. The smallest absolute Gasteiger partial charge is 0.125 e. The molecule has 0 bridgehead atoms. The van der Waals surface area contributed by atoms with Crippen LogP contribution in [0.4, 0.5) is 0 Å². The Morgan fingerprint density at radius 1 is 1.70 bits per heavy atom. The molecule has 60 valence electrons. The minimum Gasteiger partial charge on any atom is -0.309 e. The van der Waals surface area contributed by atoms with Gasteiger partial charge in [0.2, 0.25) is 0 Å². The molecule has 0 saturated carbocycles. The summed E-state index contributed by atoms with van der Waals surface area (Å²) in [7, 11) is 0. The fourth-order valence-corrected chi connectivity index (χ4v) is 0.332. The van der Waals surface area contributed by atoms with Crippen molar-refractivity contribution in [1.82, 2.24) is 10.4 Å². The molecule has 0 atom stereocenters. The Balaban J connectivity index is 3.45. The Morgan fingerprint density at radius 2 is 2.30 bits per heavy atom. The van der Waals surface area contributed by atoms with Crippen LogP contribution in [-0.2, 0) is 0 Å². The fraction of sp³-hybridized carbons (Fsp3) is 0.833. The van der Waals surface area contributed by atoms with Gasteiger partial charge in [-0.15, -0.1) is 0 Å². The molecule has 0 aliphatic heterocycles. The van der Waals surface area contributed by atoms with Gasteiger partial charge >= 0.3 is 0 Å². The summed E-state index contributed by atoms with van der Waals surface area (Å²) < 4.78 is 0. The van der Waals surface area contributed by atoms with Crippen LogP contribution < -0.4 is 11.3 Å². The third-order valence-corrected chi connectivity index (χ3v) is 1.04. The van der Waals surface area contributed by atoms with E-state index in [1.54, 1.807) is 11.3 Å². The van der Waals surface area contributed by atoms with Gasteiger partial charge in [0.25, 0.3) is 0 Å². The average Bonchev–Trinajstić information content (AvgIpc) is 1.88. The van der Waals surface area contributed by atoms with Crippen molar-refractivity contribution in [3.05, 3.63) is 0 Å². The van der Waals surface area contributed by atoms with Gasteiger partial charge in [0.15, 0.2) is 0 Å². The molecule has 0 aromatic heterocycles. The molecule has 0 saturated heterocycles. The van der Waals surface area contributed by atoms with E-state index < -0.39 is 0 Å². The third kappa shape index (κ3) is 4.14. The largest absolute Gasteiger partial charge is 0.309 e. The summed E-state index contributed by atoms with van der Waals surface area (Å²) in [5.74, 6) is 5.50. The zero-order valence-electron chi connectivity index (χ0n) is 6.83. The van der Waals surface area contributed by atoms with Gasteiger partial charge in [-0.25, -0.2) is 5.84 Å². The normalized spacial score (nSPS) is 10.9. The lowest BCUT2D eigenvalue weighted by atomic mass is 10.4. The number of hydrazone groups is 1. The molecule has 4 heteroatoms. The first-order valence-corrected chi connectivity index (χ1v) is 3.47. The average molecular weight is 144 g/mol. The number of nitrogens with two attached hydrogens (primary N) is 1. The summed E-state index contributed by atoms with van der Waals surface area (Å²) in [6, 6.07) is 0.294. The van der Waals surface area contributed by atoms with Crippen LogP contribution in [0.15, 0.2) is 5.10 Å². The van der Waals surface area contributed by atoms with E-state index in [9.17, 15) is 0 Å². The van der Waals surface area contributed by atoms with Crippen LogP contribution in [0.25, 0.3) is 0 Å². The van der Waals surface area contributed by atoms with Crippen LogP contribution in [-0.4, -0.2) is 23.9 Å². The van der Waals surface area contributed by atoms with Crippen molar-refractivity contribution in [2.24, 2.45) is 10.9 Å². The van der Waals surface area contributed by atoms with Gasteiger partial charge in [0.1, 0.15) is 6.34 Å². The highest BCUT2D eigenvalue weighted by Crippen LogP contribution is 1.83. The molecule has 3 N–H and O–H groups in total. The maximum atomic E-state index is 5.50. The second-order valence-corrected chi connectivity index (χ2v) is 2.30. The Kier molecular flexibility index (Phi) is 4.66. The highest BCUT2D eigenvalue weighted by molar-refractivity contribution is 5.53. The standard InChI is InChI=1S/C6H16N4/c1-4-8-9-5-10(7)6(2)3/h5-6,8H,4,7H2,1-3H3/b9-5-. The zero-order chi connectivity index (χ0) is 7.98. The molecule has 0 rings (SSSR count). The summed E-state index contributed by atoms with van der Waals surface area (Å²) in [6.45, 7) is 6.80. The summed E-state index contributed by atoms with van der Waals surface area (Å²) in [6.07, 6.45) is 1.58. The van der Waals surface area contributed by atoms with Gasteiger partial charge in [0.05, 0.1) is 0 Å². The van der Waals surface area contributed by atoms with Gasteiger partial charge in [0, 0.05) is 12.6 Å². The molecule has 0 radical (unpaired) electrons. The number of hydrazine groups is 1. The summed E-state index contributed by atoms with van der Waals surface area (Å²) >= 11 is 0. The lowest BCUT2D eigenvalue weighted by Gasteiger charge is -2.16. The predicted molar refractivity (Wildman–Crippen MR) is 43.3 cm³/mol. The number of hydrogen-bond acceptors (Lipinski definition) is 3. The van der Waals surface area contributed by atoms with Crippen molar-refractivity contribution in [1.29, 1.82) is 0 Å². The maximum Gasteiger partial charge on any atom is 0.125 e. The van der Waals surface area contributed by atoms with E-state index >= 15 is 0 Å². The van der Waals surface area contributed by atoms with Gasteiger partial charge in [-0.05, 0) is 20.8 Å². The van der Waals surface area contributed by atoms with Crippen LogP contribution in [0.1, 0.15) is 20.8 Å². The molecule has 0 amide bonds. The van der Waals surface area contributed by atoms with Crippen molar-refractivity contribution in [2.75, 3.05) is 6.54 Å². The first-order chi connectivity index (χ1) is 4.68. The molecule has 0 unspecified atom stereocenters. The van der Waals surface area contributed by atoms with Crippen molar-refractivity contribution in [3.8, 4) is 0 Å². The van der Waals surface area contributed by atoms with Gasteiger partial charge in [-0.2, -0.15) is 5.10 Å². The van der Waals surface area contributed by atoms with Crippen molar-refractivity contribution >= 4 is 6.34 Å². The first kappa shape index (κ1) is 9.23. The third-order valence-electron chi connectivity index (χ3n) is 1.04. The quantitative estimate of drug-likeness (QED) is 0.255. The molecule has 0 heterocycles. The van der Waals surface area contributed by atoms with E-state index in [-0.39, 0.29) is 0 Å². The molecule has 10 heavy (non-hydrogen) atoms. The number of hydrogen-bond donors (Lipinski definition) is 2. The van der Waals surface area contributed by atoms with Crippen LogP contribution in [0.3, 0.4) is 0 Å². The fourth-order valence-electron chi connectivity index (χ4n) is 0.332. The van der Waals surface area contributed by atoms with Crippen molar-refractivity contribution in [3.63, 3.8) is 0 Å². The Morgan fingerprint density at radius 3 is 2.70 bits per heavy atom. The second-order valence-electron chi connectivity index (χ2n) is 2.30. The Labute approximate surface area is 62.0 Å². The molecule has 4 nitrogen and oxygen atoms in total. The van der Waals surface area contributed by atoms with Gasteiger partial charge < -0.3 is 5.43 Å². The van der Waals surface area contributed by atoms with Crippen LogP contribution in [0.2, 0.25) is 0 Å². The summed E-state index contributed by atoms with van der Waals surface area (Å²) in [4.78, 5) is 0. The Bertz CT molecular complexity index is 99.9. The van der Waals surface area contributed by atoms with E-state index in [4.69, 9.17) is 5.84 Å². The molecule has 0 aliphatic carbocycles. The van der Waals surface area contributed by atoms with Crippen molar-refractivity contribution < 1.29 is 0 Å². The second kappa shape index (κ2) is 5.05. The van der Waals surface area contributed by atoms with E-state index in [0.717, 1.165) is 6.54 Å². The SMILES string of the molecule is CCN/N=C\N(N)C(C)C. The van der Waals surface area contributed by atoms with E-state index in [2.05, 4.69) is 10.5 Å². The maximum absolute atomic E-state index is 5.50. The first-order valence-electron chi connectivity index (χ1n) is 3.47. The molecular weight excluding hydrogens is 128 g/mol.